The predicted molar refractivity (Wildman–Crippen MR) is 114 cm³/mol. The number of halogens is 6. The van der Waals surface area contributed by atoms with E-state index < -0.39 is 35.0 Å². The Labute approximate surface area is 193 Å². The van der Waals surface area contributed by atoms with E-state index in [2.05, 4.69) is 10.2 Å². The molecule has 34 heavy (non-hydrogen) atoms. The van der Waals surface area contributed by atoms with Crippen LogP contribution in [0.5, 0.6) is 5.75 Å². The summed E-state index contributed by atoms with van der Waals surface area (Å²) in [6.45, 7) is 3.72. The van der Waals surface area contributed by atoms with Gasteiger partial charge in [0.2, 0.25) is 0 Å². The smallest absolute Gasteiger partial charge is 0.416 e. The van der Waals surface area contributed by atoms with E-state index in [1.165, 1.54) is 19.3 Å². The molecular formula is C24H26F6N2O2. The second-order valence-corrected chi connectivity index (χ2v) is 8.23. The Morgan fingerprint density at radius 3 is 2.03 bits per heavy atom. The molecule has 1 heterocycles. The van der Waals surface area contributed by atoms with Crippen molar-refractivity contribution >= 4 is 5.91 Å². The number of rotatable bonds is 8. The minimum atomic E-state index is -5.01. The Morgan fingerprint density at radius 1 is 0.882 bits per heavy atom. The van der Waals surface area contributed by atoms with Crippen molar-refractivity contribution in [2.45, 2.75) is 44.6 Å². The maximum absolute atomic E-state index is 13.0. The number of piperidine rings is 1. The van der Waals surface area contributed by atoms with Gasteiger partial charge in [0.15, 0.2) is 0 Å². The number of hydrogen-bond acceptors (Lipinski definition) is 3. The van der Waals surface area contributed by atoms with Crippen molar-refractivity contribution in [3.63, 3.8) is 0 Å². The molecule has 1 aliphatic rings. The van der Waals surface area contributed by atoms with Crippen molar-refractivity contribution in [2.75, 3.05) is 26.2 Å². The molecule has 0 saturated carbocycles. The summed E-state index contributed by atoms with van der Waals surface area (Å²) in [6.07, 6.45) is -5.38. The molecule has 0 bridgehead atoms. The molecule has 1 fully saturated rings. The van der Waals surface area contributed by atoms with Crippen molar-refractivity contribution in [3.05, 3.63) is 64.7 Å². The Balaban J connectivity index is 1.52. The van der Waals surface area contributed by atoms with Crippen molar-refractivity contribution in [1.29, 1.82) is 0 Å². The molecule has 1 saturated heterocycles. The zero-order valence-corrected chi connectivity index (χ0v) is 18.4. The molecule has 1 N–H and O–H groups in total. The van der Waals surface area contributed by atoms with Crippen molar-refractivity contribution < 1.29 is 35.9 Å². The van der Waals surface area contributed by atoms with E-state index in [0.717, 1.165) is 26.1 Å². The first-order chi connectivity index (χ1) is 16.0. The van der Waals surface area contributed by atoms with Crippen LogP contribution in [-0.2, 0) is 18.9 Å². The van der Waals surface area contributed by atoms with Crippen LogP contribution in [0.1, 0.15) is 52.7 Å². The molecule has 0 atom stereocenters. The monoisotopic (exact) mass is 488 g/mol. The van der Waals surface area contributed by atoms with Crippen molar-refractivity contribution in [2.24, 2.45) is 0 Å². The van der Waals surface area contributed by atoms with E-state index in [1.54, 1.807) is 24.3 Å². The highest BCUT2D eigenvalue weighted by Gasteiger charge is 2.37. The van der Waals surface area contributed by atoms with Gasteiger partial charge in [-0.1, -0.05) is 18.6 Å². The van der Waals surface area contributed by atoms with Gasteiger partial charge < -0.3 is 15.0 Å². The summed E-state index contributed by atoms with van der Waals surface area (Å²) in [4.78, 5) is 14.7. The lowest BCUT2D eigenvalue weighted by molar-refractivity contribution is -0.143. The zero-order valence-electron chi connectivity index (χ0n) is 18.4. The van der Waals surface area contributed by atoms with Gasteiger partial charge in [0.1, 0.15) is 5.75 Å². The number of hydrogen-bond donors (Lipinski definition) is 1. The van der Waals surface area contributed by atoms with Crippen LogP contribution in [0.25, 0.3) is 0 Å². The molecule has 0 aromatic heterocycles. The van der Waals surface area contributed by atoms with E-state index in [9.17, 15) is 31.1 Å². The molecule has 0 radical (unpaired) electrons. The summed E-state index contributed by atoms with van der Waals surface area (Å²) in [6, 6.07) is 7.56. The normalized spacial score (nSPS) is 15.2. The third-order valence-electron chi connectivity index (χ3n) is 5.56. The van der Waals surface area contributed by atoms with Crippen LogP contribution in [0.15, 0.2) is 42.5 Å². The molecule has 3 rings (SSSR count). The molecule has 0 unspecified atom stereocenters. The highest BCUT2D eigenvalue weighted by molar-refractivity contribution is 5.94. The number of likely N-dealkylation sites (tertiary alicyclic amines) is 1. The topological polar surface area (TPSA) is 41.6 Å². The molecule has 2 aromatic carbocycles. The van der Waals surface area contributed by atoms with Gasteiger partial charge in [-0.05, 0) is 68.2 Å². The van der Waals surface area contributed by atoms with Gasteiger partial charge in [-0.25, -0.2) is 0 Å². The van der Waals surface area contributed by atoms with E-state index in [4.69, 9.17) is 4.74 Å². The van der Waals surface area contributed by atoms with Gasteiger partial charge >= 0.3 is 12.4 Å². The first-order valence-corrected chi connectivity index (χ1v) is 11.0. The van der Waals surface area contributed by atoms with Gasteiger partial charge in [0, 0.05) is 18.7 Å². The van der Waals surface area contributed by atoms with Gasteiger partial charge in [0.25, 0.3) is 5.91 Å². The third-order valence-corrected chi connectivity index (χ3v) is 5.56. The lowest BCUT2D eigenvalue weighted by atomic mass is 10.0. The third kappa shape index (κ3) is 7.65. The predicted octanol–water partition coefficient (Wildman–Crippen LogP) is 5.91. The summed E-state index contributed by atoms with van der Waals surface area (Å²) >= 11 is 0. The lowest BCUT2D eigenvalue weighted by Gasteiger charge is -2.26. The second kappa shape index (κ2) is 11.1. The van der Waals surface area contributed by atoms with Gasteiger partial charge in [0.05, 0.1) is 17.7 Å². The number of carbonyl (C=O) groups is 1. The second-order valence-electron chi connectivity index (χ2n) is 8.23. The number of carbonyl (C=O) groups excluding carboxylic acids is 1. The molecule has 4 nitrogen and oxygen atoms in total. The Hall–Kier alpha value is -2.75. The van der Waals surface area contributed by atoms with E-state index in [1.807, 2.05) is 0 Å². The first kappa shape index (κ1) is 25.9. The average Bonchev–Trinajstić information content (AvgIpc) is 2.80. The summed E-state index contributed by atoms with van der Waals surface area (Å²) < 4.78 is 83.6. The Bertz CT molecular complexity index is 919. The molecule has 0 spiro atoms. The van der Waals surface area contributed by atoms with Crippen LogP contribution in [-0.4, -0.2) is 37.0 Å². The van der Waals surface area contributed by atoms with Gasteiger partial charge in [-0.2, -0.15) is 26.3 Å². The molecule has 2 aromatic rings. The molecule has 186 valence electrons. The minimum absolute atomic E-state index is 0.0119. The van der Waals surface area contributed by atoms with Crippen LogP contribution in [0, 0.1) is 0 Å². The highest BCUT2D eigenvalue weighted by Crippen LogP contribution is 2.36. The maximum atomic E-state index is 13.0. The molecule has 0 aliphatic carbocycles. The molecule has 1 aliphatic heterocycles. The number of alkyl halides is 6. The van der Waals surface area contributed by atoms with E-state index in [0.29, 0.717) is 30.1 Å². The van der Waals surface area contributed by atoms with Crippen LogP contribution in [0.4, 0.5) is 26.3 Å². The van der Waals surface area contributed by atoms with Crippen molar-refractivity contribution in [1.82, 2.24) is 10.2 Å². The van der Waals surface area contributed by atoms with Gasteiger partial charge in [-0.3, -0.25) is 4.79 Å². The molecule has 1 amide bonds. The minimum Gasteiger partial charge on any atom is -0.494 e. The molecular weight excluding hydrogens is 462 g/mol. The standard InChI is InChI=1S/C24H26F6N2O2/c25-23(26,27)19-13-18(14-20(15-19)24(28,29)30)22(33)31-16-17-5-7-21(8-6-17)34-12-4-11-32-9-2-1-3-10-32/h5-8,13-15H,1-4,9-12,16H2,(H,31,33). The van der Waals surface area contributed by atoms with E-state index >= 15 is 0 Å². The summed E-state index contributed by atoms with van der Waals surface area (Å²) in [5, 5.41) is 2.36. The number of nitrogens with zero attached hydrogens (tertiary/aromatic N) is 1. The molecule has 10 heteroatoms. The Kier molecular flexibility index (Phi) is 8.46. The van der Waals surface area contributed by atoms with E-state index in [-0.39, 0.29) is 12.6 Å². The van der Waals surface area contributed by atoms with Crippen LogP contribution in [0.3, 0.4) is 0 Å². The fraction of sp³-hybridized carbons (Fsp3) is 0.458. The Morgan fingerprint density at radius 2 is 1.47 bits per heavy atom. The quantitative estimate of drug-likeness (QED) is 0.371. The number of benzene rings is 2. The largest absolute Gasteiger partial charge is 0.494 e. The van der Waals surface area contributed by atoms with Crippen molar-refractivity contribution in [3.8, 4) is 5.75 Å². The average molecular weight is 488 g/mol. The van der Waals surface area contributed by atoms with Crippen LogP contribution < -0.4 is 10.1 Å². The zero-order chi connectivity index (χ0) is 24.8. The number of nitrogens with one attached hydrogen (secondary N) is 1. The maximum Gasteiger partial charge on any atom is 0.416 e. The summed E-state index contributed by atoms with van der Waals surface area (Å²) in [5.41, 5.74) is -3.16. The first-order valence-electron chi connectivity index (χ1n) is 11.0. The fourth-order valence-corrected chi connectivity index (χ4v) is 3.74. The fourth-order valence-electron chi connectivity index (χ4n) is 3.74. The number of ether oxygens (including phenoxy) is 1. The van der Waals surface area contributed by atoms with Gasteiger partial charge in [-0.15, -0.1) is 0 Å². The highest BCUT2D eigenvalue weighted by atomic mass is 19.4. The number of amides is 1. The van der Waals surface area contributed by atoms with Crippen LogP contribution >= 0.6 is 0 Å². The summed E-state index contributed by atoms with van der Waals surface area (Å²) in [7, 11) is 0. The van der Waals surface area contributed by atoms with Crippen LogP contribution in [0.2, 0.25) is 0 Å². The summed E-state index contributed by atoms with van der Waals surface area (Å²) in [5.74, 6) is -0.393. The SMILES string of the molecule is O=C(NCc1ccc(OCCCN2CCCCC2)cc1)c1cc(C(F)(F)F)cc(C(F)(F)F)c1. The lowest BCUT2D eigenvalue weighted by Crippen LogP contribution is -2.31.